The zero-order valence-electron chi connectivity index (χ0n) is 13.8. The number of hydrogen-bond acceptors (Lipinski definition) is 2. The summed E-state index contributed by atoms with van der Waals surface area (Å²) in [7, 11) is 0. The van der Waals surface area contributed by atoms with Crippen LogP contribution in [0.1, 0.15) is 59.8 Å². The first kappa shape index (κ1) is 19.5. The number of carbonyl (C=O) groups is 1. The van der Waals surface area contributed by atoms with Gasteiger partial charge >= 0.3 is 5.97 Å². The molecule has 2 N–H and O–H groups in total. The van der Waals surface area contributed by atoms with Crippen LogP contribution in [0, 0.1) is 11.8 Å². The fourth-order valence-corrected chi connectivity index (χ4v) is 2.37. The smallest absolute Gasteiger partial charge is 0.306 e. The van der Waals surface area contributed by atoms with E-state index >= 15 is 0 Å². The van der Waals surface area contributed by atoms with Crippen LogP contribution in [-0.2, 0) is 4.79 Å². The Hall–Kier alpha value is -1.51. The molecule has 0 saturated heterocycles. The molecule has 0 bridgehead atoms. The van der Waals surface area contributed by atoms with Crippen molar-refractivity contribution >= 4 is 5.97 Å². The highest BCUT2D eigenvalue weighted by Gasteiger charge is 2.30. The highest BCUT2D eigenvalue weighted by molar-refractivity contribution is 5.70. The topological polar surface area (TPSA) is 57.5 Å². The van der Waals surface area contributed by atoms with E-state index in [-0.39, 0.29) is 17.6 Å². The predicted octanol–water partition coefficient (Wildman–Crippen LogP) is 5.26. The number of allylic oxidation sites excluding steroid dienone is 6. The van der Waals surface area contributed by atoms with E-state index in [1.165, 1.54) is 6.42 Å². The van der Waals surface area contributed by atoms with Crippen LogP contribution < -0.4 is 0 Å². The quantitative estimate of drug-likeness (QED) is 0.537. The van der Waals surface area contributed by atoms with Gasteiger partial charge in [0.1, 0.15) is 0 Å². The summed E-state index contributed by atoms with van der Waals surface area (Å²) in [6.07, 6.45) is 12.2. The first-order chi connectivity index (χ1) is 9.96. The van der Waals surface area contributed by atoms with Crippen LogP contribution >= 0.6 is 0 Å². The van der Waals surface area contributed by atoms with Gasteiger partial charge in [0.2, 0.25) is 0 Å². The molecule has 1 fully saturated rings. The Balaban J connectivity index is 0.00000122. The Labute approximate surface area is 129 Å². The van der Waals surface area contributed by atoms with Gasteiger partial charge < -0.3 is 10.2 Å². The summed E-state index contributed by atoms with van der Waals surface area (Å²) in [5, 5.41) is 18.4. The molecule has 0 aromatic heterocycles. The van der Waals surface area contributed by atoms with Gasteiger partial charge in [-0.2, -0.15) is 0 Å². The molecule has 3 nitrogen and oxygen atoms in total. The number of aliphatic hydroxyl groups is 1. The van der Waals surface area contributed by atoms with Crippen LogP contribution in [0.15, 0.2) is 35.6 Å². The Morgan fingerprint density at radius 2 is 1.71 bits per heavy atom. The molecule has 1 rings (SSSR count). The minimum Gasteiger partial charge on any atom is -0.513 e. The van der Waals surface area contributed by atoms with E-state index in [2.05, 4.69) is 20.8 Å². The van der Waals surface area contributed by atoms with Gasteiger partial charge in [0.05, 0.1) is 11.7 Å². The molecule has 21 heavy (non-hydrogen) atoms. The Morgan fingerprint density at radius 1 is 1.14 bits per heavy atom. The maximum absolute atomic E-state index is 11.0. The van der Waals surface area contributed by atoms with E-state index in [1.54, 1.807) is 13.0 Å². The molecule has 0 amide bonds. The lowest BCUT2D eigenvalue weighted by Crippen LogP contribution is -2.10. The van der Waals surface area contributed by atoms with E-state index in [4.69, 9.17) is 5.11 Å². The summed E-state index contributed by atoms with van der Waals surface area (Å²) in [4.78, 5) is 11.0. The molecule has 1 aliphatic carbocycles. The summed E-state index contributed by atoms with van der Waals surface area (Å²) in [5.41, 5.74) is 1.03. The fraction of sp³-hybridized carbons (Fsp3) is 0.611. The van der Waals surface area contributed by atoms with Crippen molar-refractivity contribution in [3.63, 3.8) is 0 Å². The largest absolute Gasteiger partial charge is 0.513 e. The second kappa shape index (κ2) is 11.2. The predicted molar refractivity (Wildman–Crippen MR) is 88.3 cm³/mol. The molecular formula is C18H30O3. The van der Waals surface area contributed by atoms with Gasteiger partial charge in [0, 0.05) is 0 Å². The number of hydrogen-bond donors (Lipinski definition) is 2. The van der Waals surface area contributed by atoms with Crippen molar-refractivity contribution in [1.82, 2.24) is 0 Å². The molecule has 1 saturated carbocycles. The van der Waals surface area contributed by atoms with Gasteiger partial charge in [-0.25, -0.2) is 0 Å². The molecule has 0 aliphatic heterocycles. The van der Waals surface area contributed by atoms with Gasteiger partial charge in [-0.1, -0.05) is 45.4 Å². The standard InChI is InChI=1S/C15H22O3.C3H8/c1-3-4-5-6-12(9-11(2)16)13-7-8-14(10-13)15(17)18;1-3-2/h4-6,9,13-14,16H,3,7-8,10H2,1-2H3,(H,17,18);3H2,1-2H3/b5-4+,11-9+,12-6+;/t13-,14-;/m1./s1. The van der Waals surface area contributed by atoms with Crippen molar-refractivity contribution in [3.05, 3.63) is 35.6 Å². The maximum Gasteiger partial charge on any atom is 0.306 e. The minimum absolute atomic E-state index is 0.235. The highest BCUT2D eigenvalue weighted by Crippen LogP contribution is 2.36. The van der Waals surface area contributed by atoms with E-state index in [0.717, 1.165) is 24.8 Å². The van der Waals surface area contributed by atoms with E-state index in [9.17, 15) is 9.90 Å². The Kier molecular flexibility index (Phi) is 10.4. The highest BCUT2D eigenvalue weighted by atomic mass is 16.4. The summed E-state index contributed by atoms with van der Waals surface area (Å²) in [6.45, 7) is 7.95. The van der Waals surface area contributed by atoms with Crippen molar-refractivity contribution in [1.29, 1.82) is 0 Å². The van der Waals surface area contributed by atoms with Crippen LogP contribution in [0.5, 0.6) is 0 Å². The molecule has 0 aromatic carbocycles. The number of rotatable bonds is 5. The van der Waals surface area contributed by atoms with Crippen LogP contribution in [0.2, 0.25) is 0 Å². The molecule has 2 atom stereocenters. The van der Waals surface area contributed by atoms with Gasteiger partial charge in [-0.15, -0.1) is 0 Å². The lowest BCUT2D eigenvalue weighted by Gasteiger charge is -2.11. The lowest BCUT2D eigenvalue weighted by atomic mass is 9.95. The first-order valence-electron chi connectivity index (χ1n) is 7.92. The summed E-state index contributed by atoms with van der Waals surface area (Å²) in [6, 6.07) is 0. The number of carboxylic acids is 1. The van der Waals surface area contributed by atoms with E-state index in [1.807, 2.05) is 18.2 Å². The average Bonchev–Trinajstić information content (AvgIpc) is 2.88. The molecule has 1 aliphatic rings. The molecule has 0 radical (unpaired) electrons. The molecule has 120 valence electrons. The van der Waals surface area contributed by atoms with Gasteiger partial charge in [0.25, 0.3) is 0 Å². The van der Waals surface area contributed by atoms with Crippen molar-refractivity contribution in [2.24, 2.45) is 11.8 Å². The molecule has 0 aromatic rings. The molecule has 0 unspecified atom stereocenters. The second-order valence-electron chi connectivity index (χ2n) is 5.54. The fourth-order valence-electron chi connectivity index (χ4n) is 2.37. The summed E-state index contributed by atoms with van der Waals surface area (Å²) >= 11 is 0. The summed E-state index contributed by atoms with van der Waals surface area (Å²) < 4.78 is 0. The molecule has 0 heterocycles. The third-order valence-electron chi connectivity index (χ3n) is 3.29. The third-order valence-corrected chi connectivity index (χ3v) is 3.29. The third kappa shape index (κ3) is 8.38. The number of aliphatic hydroxyl groups excluding tert-OH is 1. The van der Waals surface area contributed by atoms with Crippen LogP contribution in [0.3, 0.4) is 0 Å². The Bertz CT molecular complexity index is 387. The zero-order valence-corrected chi connectivity index (χ0v) is 13.8. The van der Waals surface area contributed by atoms with Crippen LogP contribution in [-0.4, -0.2) is 16.2 Å². The van der Waals surface area contributed by atoms with Crippen molar-refractivity contribution < 1.29 is 15.0 Å². The van der Waals surface area contributed by atoms with Crippen LogP contribution in [0.4, 0.5) is 0 Å². The van der Waals surface area contributed by atoms with Gasteiger partial charge in [0.15, 0.2) is 0 Å². The van der Waals surface area contributed by atoms with Gasteiger partial charge in [-0.3, -0.25) is 4.79 Å². The number of carboxylic acid groups (broad SMARTS) is 1. The van der Waals surface area contributed by atoms with Gasteiger partial charge in [-0.05, 0) is 50.2 Å². The van der Waals surface area contributed by atoms with E-state index in [0.29, 0.717) is 6.42 Å². The normalized spacial score (nSPS) is 23.0. The maximum atomic E-state index is 11.0. The Morgan fingerprint density at radius 3 is 2.14 bits per heavy atom. The van der Waals surface area contributed by atoms with Crippen molar-refractivity contribution in [3.8, 4) is 0 Å². The molecular weight excluding hydrogens is 264 g/mol. The average molecular weight is 294 g/mol. The summed E-state index contributed by atoms with van der Waals surface area (Å²) in [5.74, 6) is -0.425. The minimum atomic E-state index is -0.703. The number of aliphatic carboxylic acids is 1. The van der Waals surface area contributed by atoms with Crippen molar-refractivity contribution in [2.45, 2.75) is 59.8 Å². The lowest BCUT2D eigenvalue weighted by molar-refractivity contribution is -0.141. The monoisotopic (exact) mass is 294 g/mol. The molecule has 3 heteroatoms. The second-order valence-corrected chi connectivity index (χ2v) is 5.54. The zero-order chi connectivity index (χ0) is 16.3. The SMILES string of the molecule is CC/C=C/C=C(\C=C(/C)O)[C@@H]1CC[C@@H](C(=O)O)C1.CCC. The van der Waals surface area contributed by atoms with Crippen molar-refractivity contribution in [2.75, 3.05) is 0 Å². The first-order valence-corrected chi connectivity index (χ1v) is 7.92. The molecule has 0 spiro atoms. The van der Waals surface area contributed by atoms with E-state index < -0.39 is 5.97 Å². The van der Waals surface area contributed by atoms with Crippen LogP contribution in [0.25, 0.3) is 0 Å².